The lowest BCUT2D eigenvalue weighted by Gasteiger charge is -2.49. The number of aromatic nitrogens is 2. The van der Waals surface area contributed by atoms with E-state index in [9.17, 15) is 23.1 Å². The van der Waals surface area contributed by atoms with Crippen molar-refractivity contribution in [1.29, 1.82) is 0 Å². The molecule has 0 unspecified atom stereocenters. The van der Waals surface area contributed by atoms with Gasteiger partial charge in [-0.05, 0) is 57.5 Å². The topological polar surface area (TPSA) is 87.6 Å². The molecule has 5 rings (SSSR count). The Morgan fingerprint density at radius 3 is 2.68 bits per heavy atom. The molecule has 0 bridgehead atoms. The van der Waals surface area contributed by atoms with Gasteiger partial charge >= 0.3 is 6.18 Å². The molecule has 1 saturated heterocycles. The van der Waals surface area contributed by atoms with E-state index in [1.165, 1.54) is 18.3 Å². The second-order valence-corrected chi connectivity index (χ2v) is 10.4. The fourth-order valence-electron chi connectivity index (χ4n) is 5.29. The molecule has 7 nitrogen and oxygen atoms in total. The molecule has 1 amide bonds. The number of aliphatic hydroxyl groups is 1. The third-order valence-electron chi connectivity index (χ3n) is 7.32. The van der Waals surface area contributed by atoms with Gasteiger partial charge in [0.25, 0.3) is 5.91 Å². The van der Waals surface area contributed by atoms with Crippen molar-refractivity contribution in [2.75, 3.05) is 30.0 Å². The third kappa shape index (κ3) is 5.10. The second kappa shape index (κ2) is 9.67. The molecule has 0 radical (unpaired) electrons. The predicted octanol–water partition coefficient (Wildman–Crippen LogP) is 4.87. The zero-order chi connectivity index (χ0) is 27.2. The van der Waals surface area contributed by atoms with Crippen LogP contribution in [-0.2, 0) is 17.3 Å². The molecule has 4 heterocycles. The normalized spacial score (nSPS) is 19.5. The van der Waals surface area contributed by atoms with E-state index in [2.05, 4.69) is 15.2 Å². The van der Waals surface area contributed by atoms with Crippen molar-refractivity contribution in [2.45, 2.75) is 45.0 Å². The first-order valence-electron chi connectivity index (χ1n) is 12.4. The highest BCUT2D eigenvalue weighted by Gasteiger charge is 2.43. The van der Waals surface area contributed by atoms with Crippen molar-refractivity contribution in [3.8, 4) is 11.1 Å². The number of nitrogens with zero attached hydrogens (tertiary/aromatic N) is 3. The Morgan fingerprint density at radius 2 is 1.95 bits per heavy atom. The van der Waals surface area contributed by atoms with Crippen LogP contribution in [0, 0.1) is 12.8 Å². The zero-order valence-corrected chi connectivity index (χ0v) is 21.3. The van der Waals surface area contributed by atoms with Crippen LogP contribution in [0.25, 0.3) is 11.1 Å². The van der Waals surface area contributed by atoms with Gasteiger partial charge in [-0.1, -0.05) is 6.07 Å². The van der Waals surface area contributed by atoms with Gasteiger partial charge in [0.05, 0.1) is 53.7 Å². The maximum atomic E-state index is 13.1. The predicted molar refractivity (Wildman–Crippen MR) is 137 cm³/mol. The first kappa shape index (κ1) is 26.1. The molecule has 2 N–H and O–H groups in total. The monoisotopic (exact) mass is 526 g/mol. The van der Waals surface area contributed by atoms with Gasteiger partial charge in [0.1, 0.15) is 0 Å². The summed E-state index contributed by atoms with van der Waals surface area (Å²) in [6.07, 6.45) is -0.694. The average molecular weight is 527 g/mol. The Morgan fingerprint density at radius 1 is 1.16 bits per heavy atom. The fraction of sp³-hybridized carbons (Fsp3) is 0.393. The van der Waals surface area contributed by atoms with Crippen molar-refractivity contribution in [1.82, 2.24) is 9.97 Å². The number of pyridine rings is 2. The van der Waals surface area contributed by atoms with Gasteiger partial charge in [-0.15, -0.1) is 0 Å². The number of aryl methyl sites for hydroxylation is 1. The van der Waals surface area contributed by atoms with E-state index in [0.717, 1.165) is 34.6 Å². The molecule has 1 aromatic carbocycles. The summed E-state index contributed by atoms with van der Waals surface area (Å²) in [6.45, 7) is 7.26. The molecule has 0 saturated carbocycles. The number of ether oxygens (including phenoxy) is 1. The van der Waals surface area contributed by atoms with E-state index in [0.29, 0.717) is 37.6 Å². The minimum absolute atomic E-state index is 0.0191. The Kier molecular flexibility index (Phi) is 6.65. The van der Waals surface area contributed by atoms with Crippen LogP contribution in [0.15, 0.2) is 48.8 Å². The molecule has 200 valence electrons. The van der Waals surface area contributed by atoms with E-state index in [4.69, 9.17) is 9.72 Å². The summed E-state index contributed by atoms with van der Waals surface area (Å²) < 4.78 is 45.0. The van der Waals surface area contributed by atoms with Crippen LogP contribution < -0.4 is 10.2 Å². The SMILES string of the molecule is Cc1ncc(NC(=O)c2cccc(C(F)(F)F)c2)cc1-c1cnc2c(c1)N1CCOC[C@H]1[C@@H](C(C)(C)O)C2. The molecule has 3 aromatic rings. The lowest BCUT2D eigenvalue weighted by atomic mass is 9.77. The molecule has 2 aliphatic rings. The van der Waals surface area contributed by atoms with Gasteiger partial charge in [0, 0.05) is 41.0 Å². The van der Waals surface area contributed by atoms with E-state index in [1.54, 1.807) is 12.3 Å². The highest BCUT2D eigenvalue weighted by Crippen LogP contribution is 2.41. The molecular weight excluding hydrogens is 497 g/mol. The maximum absolute atomic E-state index is 13.1. The van der Waals surface area contributed by atoms with E-state index in [1.807, 2.05) is 26.8 Å². The number of amides is 1. The minimum Gasteiger partial charge on any atom is -0.390 e. The number of carbonyl (C=O) groups excluding carboxylic acids is 1. The summed E-state index contributed by atoms with van der Waals surface area (Å²) in [5.74, 6) is -0.698. The summed E-state index contributed by atoms with van der Waals surface area (Å²) >= 11 is 0. The number of fused-ring (bicyclic) bond motifs is 3. The first-order chi connectivity index (χ1) is 17.9. The number of morpholine rings is 1. The van der Waals surface area contributed by atoms with Crippen LogP contribution in [0.2, 0.25) is 0 Å². The summed E-state index contributed by atoms with van der Waals surface area (Å²) in [4.78, 5) is 24.1. The minimum atomic E-state index is -4.54. The number of carbonyl (C=O) groups is 1. The van der Waals surface area contributed by atoms with Gasteiger partial charge in [0.2, 0.25) is 0 Å². The number of alkyl halides is 3. The van der Waals surface area contributed by atoms with Crippen LogP contribution >= 0.6 is 0 Å². The standard InChI is InChI=1S/C28H29F3N4O3/c1-16-21(11-20(14-32-16)34-26(36)17-5-4-6-19(9-17)28(29,30)31)18-10-24-23(33-13-18)12-22(27(2,3)37)25-15-38-8-7-35(24)25/h4-6,9-11,13-14,22,25,37H,7-8,12,15H2,1-3H3,(H,34,36)/t22-,25-/m0/s1. The van der Waals surface area contributed by atoms with Crippen molar-refractivity contribution >= 4 is 17.3 Å². The van der Waals surface area contributed by atoms with Crippen molar-refractivity contribution in [2.24, 2.45) is 5.92 Å². The van der Waals surface area contributed by atoms with E-state index in [-0.39, 0.29) is 17.5 Å². The summed E-state index contributed by atoms with van der Waals surface area (Å²) in [6, 6.07) is 8.10. The average Bonchev–Trinajstić information content (AvgIpc) is 2.88. The van der Waals surface area contributed by atoms with Gasteiger partial charge in [-0.3, -0.25) is 14.8 Å². The Labute approximate surface area is 218 Å². The van der Waals surface area contributed by atoms with Gasteiger partial charge < -0.3 is 20.1 Å². The smallest absolute Gasteiger partial charge is 0.390 e. The molecule has 10 heteroatoms. The van der Waals surface area contributed by atoms with Crippen LogP contribution in [0.5, 0.6) is 0 Å². The van der Waals surface area contributed by atoms with Crippen LogP contribution in [-0.4, -0.2) is 52.4 Å². The molecule has 2 aliphatic heterocycles. The number of hydrogen-bond acceptors (Lipinski definition) is 6. The number of hydrogen-bond donors (Lipinski definition) is 2. The Hall–Kier alpha value is -3.50. The molecule has 2 atom stereocenters. The van der Waals surface area contributed by atoms with Crippen LogP contribution in [0.3, 0.4) is 0 Å². The molecule has 0 spiro atoms. The van der Waals surface area contributed by atoms with E-state index >= 15 is 0 Å². The number of halogens is 3. The van der Waals surface area contributed by atoms with Crippen molar-refractivity contribution in [3.05, 3.63) is 71.3 Å². The molecule has 1 fully saturated rings. The Balaban J connectivity index is 1.44. The number of benzene rings is 1. The second-order valence-electron chi connectivity index (χ2n) is 10.4. The summed E-state index contributed by atoms with van der Waals surface area (Å²) in [7, 11) is 0. The molecular formula is C28H29F3N4O3. The number of rotatable bonds is 4. The maximum Gasteiger partial charge on any atom is 0.416 e. The van der Waals surface area contributed by atoms with E-state index < -0.39 is 23.2 Å². The molecule has 38 heavy (non-hydrogen) atoms. The van der Waals surface area contributed by atoms with Gasteiger partial charge in [0.15, 0.2) is 0 Å². The summed E-state index contributed by atoms with van der Waals surface area (Å²) in [5.41, 5.74) is 2.62. The third-order valence-corrected chi connectivity index (χ3v) is 7.32. The lowest BCUT2D eigenvalue weighted by molar-refractivity contribution is -0.137. The van der Waals surface area contributed by atoms with Crippen molar-refractivity contribution < 1.29 is 27.8 Å². The first-order valence-corrected chi connectivity index (χ1v) is 12.4. The quantitative estimate of drug-likeness (QED) is 0.505. The molecule has 2 aromatic heterocycles. The summed E-state index contributed by atoms with van der Waals surface area (Å²) in [5, 5.41) is 13.5. The number of nitrogens with one attached hydrogen (secondary N) is 1. The van der Waals surface area contributed by atoms with Crippen LogP contribution in [0.1, 0.15) is 41.2 Å². The molecule has 0 aliphatic carbocycles. The Bertz CT molecular complexity index is 1370. The van der Waals surface area contributed by atoms with Crippen LogP contribution in [0.4, 0.5) is 24.5 Å². The van der Waals surface area contributed by atoms with Gasteiger partial charge in [-0.2, -0.15) is 13.2 Å². The van der Waals surface area contributed by atoms with Gasteiger partial charge in [-0.25, -0.2) is 0 Å². The largest absolute Gasteiger partial charge is 0.416 e. The highest BCUT2D eigenvalue weighted by molar-refractivity contribution is 6.04. The lowest BCUT2D eigenvalue weighted by Crippen LogP contribution is -2.58. The zero-order valence-electron chi connectivity index (χ0n) is 21.3. The number of anilines is 2. The van der Waals surface area contributed by atoms with Crippen molar-refractivity contribution in [3.63, 3.8) is 0 Å². The fourth-order valence-corrected chi connectivity index (χ4v) is 5.29. The highest BCUT2D eigenvalue weighted by atomic mass is 19.4.